The van der Waals surface area contributed by atoms with Crippen LogP contribution in [0.15, 0.2) is 59.1 Å². The summed E-state index contributed by atoms with van der Waals surface area (Å²) in [5, 5.41) is 24.0. The maximum Gasteiger partial charge on any atom is 0.243 e. The Balaban J connectivity index is 1.16. The quantitative estimate of drug-likeness (QED) is 0.400. The zero-order valence-corrected chi connectivity index (χ0v) is 20.6. The zero-order valence-electron chi connectivity index (χ0n) is 19.0. The highest BCUT2D eigenvalue weighted by Crippen LogP contribution is 2.33. The molecule has 1 aliphatic rings. The van der Waals surface area contributed by atoms with Gasteiger partial charge in [-0.05, 0) is 66.1 Å². The Morgan fingerprint density at radius 1 is 1.14 bits per heavy atom. The van der Waals surface area contributed by atoms with Crippen molar-refractivity contribution in [1.82, 2.24) is 29.5 Å². The van der Waals surface area contributed by atoms with Gasteiger partial charge < -0.3 is 9.84 Å². The van der Waals surface area contributed by atoms with Crippen molar-refractivity contribution in [3.05, 3.63) is 70.4 Å². The number of hydrogen-bond acceptors (Lipinski definition) is 9. The first-order chi connectivity index (χ1) is 16.9. The van der Waals surface area contributed by atoms with Gasteiger partial charge in [-0.2, -0.15) is 4.31 Å². The summed E-state index contributed by atoms with van der Waals surface area (Å²) in [4.78, 5) is 4.86. The largest absolute Gasteiger partial charge is 0.508 e. The van der Waals surface area contributed by atoms with Gasteiger partial charge in [-0.25, -0.2) is 18.1 Å². The first-order valence-corrected chi connectivity index (χ1v) is 13.4. The molecular weight excluding hydrogens is 488 g/mol. The Morgan fingerprint density at radius 3 is 2.60 bits per heavy atom. The van der Waals surface area contributed by atoms with Gasteiger partial charge in [-0.1, -0.05) is 6.07 Å². The maximum absolute atomic E-state index is 13.0. The summed E-state index contributed by atoms with van der Waals surface area (Å²) in [7, 11) is -3.63. The predicted molar refractivity (Wildman–Crippen MR) is 129 cm³/mol. The molecule has 12 heteroatoms. The van der Waals surface area contributed by atoms with Gasteiger partial charge in [0.2, 0.25) is 10.0 Å². The molecule has 5 rings (SSSR count). The molecule has 1 fully saturated rings. The fourth-order valence-corrected chi connectivity index (χ4v) is 6.42. The highest BCUT2D eigenvalue weighted by atomic mass is 32.2. The number of thiazole rings is 1. The molecule has 1 aliphatic heterocycles. The van der Waals surface area contributed by atoms with Crippen molar-refractivity contribution in [1.29, 1.82) is 0 Å². The van der Waals surface area contributed by atoms with Crippen LogP contribution in [-0.4, -0.2) is 56.1 Å². The van der Waals surface area contributed by atoms with Gasteiger partial charge in [0.1, 0.15) is 24.4 Å². The summed E-state index contributed by atoms with van der Waals surface area (Å²) in [5.41, 5.74) is 2.33. The molecule has 0 amide bonds. The normalized spacial score (nSPS) is 15.3. The number of piperidine rings is 1. The van der Waals surface area contributed by atoms with Crippen molar-refractivity contribution >= 4 is 21.4 Å². The molecular formula is C23H24N6O4S2. The van der Waals surface area contributed by atoms with Crippen LogP contribution < -0.4 is 4.74 Å². The second-order valence-electron chi connectivity index (χ2n) is 8.34. The summed E-state index contributed by atoms with van der Waals surface area (Å²) in [6.45, 7) is 2.92. The van der Waals surface area contributed by atoms with Crippen molar-refractivity contribution in [3.8, 4) is 17.2 Å². The second-order valence-corrected chi connectivity index (χ2v) is 11.2. The fourth-order valence-electron chi connectivity index (χ4n) is 3.95. The lowest BCUT2D eigenvalue weighted by molar-refractivity contribution is 0.299. The molecule has 0 saturated carbocycles. The SMILES string of the molecule is Cc1ccc(S(=O)(=O)N2CCC(c3nc(COc4ccc(-n5cnnn5)cc4)cs3)CC2)cc1O. The second kappa shape index (κ2) is 9.72. The smallest absolute Gasteiger partial charge is 0.243 e. The number of aryl methyl sites for hydroxylation is 1. The first-order valence-electron chi connectivity index (χ1n) is 11.1. The van der Waals surface area contributed by atoms with E-state index in [-0.39, 0.29) is 16.6 Å². The highest BCUT2D eigenvalue weighted by molar-refractivity contribution is 7.89. The number of sulfonamides is 1. The van der Waals surface area contributed by atoms with Crippen LogP contribution in [0.5, 0.6) is 11.5 Å². The number of tetrazole rings is 1. The maximum atomic E-state index is 13.0. The van der Waals surface area contributed by atoms with Crippen LogP contribution in [0, 0.1) is 6.92 Å². The van der Waals surface area contributed by atoms with Gasteiger partial charge in [0.25, 0.3) is 0 Å². The van der Waals surface area contributed by atoms with E-state index in [1.54, 1.807) is 35.1 Å². The van der Waals surface area contributed by atoms with Crippen LogP contribution in [0.3, 0.4) is 0 Å². The van der Waals surface area contributed by atoms with Crippen LogP contribution in [0.25, 0.3) is 5.69 Å². The Labute approximate surface area is 206 Å². The number of phenols is 1. The lowest BCUT2D eigenvalue weighted by atomic mass is 9.99. The van der Waals surface area contributed by atoms with Crippen molar-refractivity contribution < 1.29 is 18.3 Å². The summed E-state index contributed by atoms with van der Waals surface area (Å²) in [6.07, 6.45) is 2.92. The van der Waals surface area contributed by atoms with E-state index >= 15 is 0 Å². The van der Waals surface area contributed by atoms with Crippen LogP contribution in [-0.2, 0) is 16.6 Å². The van der Waals surface area contributed by atoms with Crippen LogP contribution in [0.2, 0.25) is 0 Å². The monoisotopic (exact) mass is 512 g/mol. The Hall–Kier alpha value is -3.35. The third kappa shape index (κ3) is 5.04. The molecule has 2 aromatic heterocycles. The summed E-state index contributed by atoms with van der Waals surface area (Å²) < 4.78 is 34.9. The topological polar surface area (TPSA) is 123 Å². The molecule has 182 valence electrons. The average molecular weight is 513 g/mol. The van der Waals surface area contributed by atoms with E-state index in [0.717, 1.165) is 22.1 Å². The molecule has 0 aliphatic carbocycles. The molecule has 0 atom stereocenters. The zero-order chi connectivity index (χ0) is 24.4. The van der Waals surface area contributed by atoms with E-state index in [1.807, 2.05) is 29.6 Å². The molecule has 0 unspecified atom stereocenters. The van der Waals surface area contributed by atoms with Crippen molar-refractivity contribution in [2.75, 3.05) is 13.1 Å². The molecule has 3 heterocycles. The summed E-state index contributed by atoms with van der Waals surface area (Å²) >= 11 is 1.58. The molecule has 0 bridgehead atoms. The Bertz CT molecular complexity index is 1400. The standard InChI is InChI=1S/C23H24N6O4S2/c1-16-2-7-21(12-22(16)30)35(31,32)28-10-8-17(9-11-28)23-25-18(14-34-23)13-33-20-5-3-19(4-6-20)29-15-24-26-27-29/h2-7,12,14-15,17,30H,8-11,13H2,1H3. The minimum atomic E-state index is -3.63. The third-order valence-corrected chi connectivity index (χ3v) is 8.98. The van der Waals surface area contributed by atoms with Crippen molar-refractivity contribution in [2.24, 2.45) is 0 Å². The number of benzene rings is 2. The Morgan fingerprint density at radius 2 is 1.91 bits per heavy atom. The number of ether oxygens (including phenoxy) is 1. The predicted octanol–water partition coefficient (Wildman–Crippen LogP) is 3.28. The van der Waals surface area contributed by atoms with Gasteiger partial charge in [0, 0.05) is 30.5 Å². The van der Waals surface area contributed by atoms with Gasteiger partial charge >= 0.3 is 0 Å². The minimum absolute atomic E-state index is 0.0121. The molecule has 0 spiro atoms. The van der Waals surface area contributed by atoms with Gasteiger partial charge in [0.05, 0.1) is 21.3 Å². The number of aromatic nitrogens is 5. The average Bonchev–Trinajstić information content (AvgIpc) is 3.58. The molecule has 35 heavy (non-hydrogen) atoms. The van der Waals surface area contributed by atoms with Crippen LogP contribution in [0.1, 0.15) is 35.0 Å². The fraction of sp³-hybridized carbons (Fsp3) is 0.304. The summed E-state index contributed by atoms with van der Waals surface area (Å²) in [5.74, 6) is 0.918. The molecule has 1 saturated heterocycles. The Kier molecular flexibility index (Phi) is 6.50. The van der Waals surface area contributed by atoms with Gasteiger partial charge in [-0.3, -0.25) is 0 Å². The lowest BCUT2D eigenvalue weighted by Crippen LogP contribution is -2.37. The molecule has 10 nitrogen and oxygen atoms in total. The number of rotatable bonds is 7. The minimum Gasteiger partial charge on any atom is -0.508 e. The van der Waals surface area contributed by atoms with E-state index in [9.17, 15) is 13.5 Å². The van der Waals surface area contributed by atoms with Crippen LogP contribution in [0.4, 0.5) is 0 Å². The van der Waals surface area contributed by atoms with E-state index < -0.39 is 10.0 Å². The summed E-state index contributed by atoms with van der Waals surface area (Å²) in [6, 6.07) is 11.9. The molecule has 0 radical (unpaired) electrons. The number of nitrogens with zero attached hydrogens (tertiary/aromatic N) is 6. The van der Waals surface area contributed by atoms with E-state index in [4.69, 9.17) is 9.72 Å². The van der Waals surface area contributed by atoms with Crippen molar-refractivity contribution in [2.45, 2.75) is 37.2 Å². The number of aromatic hydroxyl groups is 1. The molecule has 2 aromatic carbocycles. The number of hydrogen-bond donors (Lipinski definition) is 1. The van der Waals surface area contributed by atoms with Crippen molar-refractivity contribution in [3.63, 3.8) is 0 Å². The van der Waals surface area contributed by atoms with Gasteiger partial charge in [0.15, 0.2) is 0 Å². The highest BCUT2D eigenvalue weighted by Gasteiger charge is 2.31. The number of phenolic OH excluding ortho intramolecular Hbond substituents is 1. The third-order valence-electron chi connectivity index (χ3n) is 6.03. The van der Waals surface area contributed by atoms with E-state index in [1.165, 1.54) is 16.7 Å². The molecule has 4 aromatic rings. The van der Waals surface area contributed by atoms with Gasteiger partial charge in [-0.15, -0.1) is 16.4 Å². The molecule has 1 N–H and O–H groups in total. The van der Waals surface area contributed by atoms with E-state index in [2.05, 4.69) is 15.5 Å². The van der Waals surface area contributed by atoms with Crippen LogP contribution >= 0.6 is 11.3 Å². The lowest BCUT2D eigenvalue weighted by Gasteiger charge is -2.30. The van der Waals surface area contributed by atoms with E-state index in [0.29, 0.717) is 38.1 Å². The first kappa shape index (κ1) is 23.4.